The summed E-state index contributed by atoms with van der Waals surface area (Å²) in [6, 6.07) is 12.6. The second-order valence-corrected chi connectivity index (χ2v) is 6.72. The van der Waals surface area contributed by atoms with Crippen LogP contribution in [0.1, 0.15) is 17.3 Å². The van der Waals surface area contributed by atoms with Gasteiger partial charge in [-0.25, -0.2) is 14.8 Å². The van der Waals surface area contributed by atoms with E-state index in [4.69, 9.17) is 20.2 Å². The summed E-state index contributed by atoms with van der Waals surface area (Å²) in [6.45, 7) is 1.86. The van der Waals surface area contributed by atoms with Crippen molar-refractivity contribution in [2.75, 3.05) is 24.3 Å². The molecule has 0 saturated heterocycles. The number of nitrogens with zero attached hydrogens (tertiary/aromatic N) is 3. The molecule has 5 rings (SSSR count). The molecule has 1 aliphatic heterocycles. The number of nitrogens with two attached hydrogens (primary N) is 1. The zero-order chi connectivity index (χ0) is 20.8. The summed E-state index contributed by atoms with van der Waals surface area (Å²) in [4.78, 5) is 33.6. The maximum Gasteiger partial charge on any atom is 0.344 e. The number of ether oxygens (including phenoxy) is 2. The summed E-state index contributed by atoms with van der Waals surface area (Å²) >= 11 is 0. The van der Waals surface area contributed by atoms with Gasteiger partial charge in [-0.15, -0.1) is 0 Å². The molecule has 0 fully saturated rings. The van der Waals surface area contributed by atoms with Crippen molar-refractivity contribution in [3.63, 3.8) is 0 Å². The average molecular weight is 403 g/mol. The zero-order valence-corrected chi connectivity index (χ0v) is 16.0. The molecule has 9 nitrogen and oxygen atoms in total. The van der Waals surface area contributed by atoms with Gasteiger partial charge in [0.05, 0.1) is 29.0 Å². The van der Waals surface area contributed by atoms with Gasteiger partial charge in [0.25, 0.3) is 5.91 Å². The molecule has 2 aromatic heterocycles. The van der Waals surface area contributed by atoms with Gasteiger partial charge in [0.1, 0.15) is 22.6 Å². The zero-order valence-electron chi connectivity index (χ0n) is 16.0. The van der Waals surface area contributed by atoms with Gasteiger partial charge >= 0.3 is 5.97 Å². The van der Waals surface area contributed by atoms with Gasteiger partial charge in [0, 0.05) is 6.07 Å². The second-order valence-electron chi connectivity index (χ2n) is 6.72. The lowest BCUT2D eigenvalue weighted by Gasteiger charge is -2.19. The SMILES string of the molecule is CCOC(=O)c1c(N)n(-c2ccc3c(c2)OCC(=O)N3)c2nc3ccccc3nc12. The number of carbonyl (C=O) groups is 2. The van der Waals surface area contributed by atoms with Gasteiger partial charge < -0.3 is 20.5 Å². The lowest BCUT2D eigenvalue weighted by molar-refractivity contribution is -0.118. The van der Waals surface area contributed by atoms with E-state index in [1.54, 1.807) is 29.7 Å². The molecular formula is C21H17N5O4. The smallest absolute Gasteiger partial charge is 0.344 e. The Bertz CT molecular complexity index is 1340. The topological polar surface area (TPSA) is 121 Å². The van der Waals surface area contributed by atoms with Crippen LogP contribution >= 0.6 is 0 Å². The molecule has 4 aromatic rings. The van der Waals surface area contributed by atoms with E-state index < -0.39 is 5.97 Å². The normalized spacial score (nSPS) is 13.0. The Balaban J connectivity index is 1.79. The van der Waals surface area contributed by atoms with Crippen LogP contribution in [0.15, 0.2) is 42.5 Å². The van der Waals surface area contributed by atoms with Crippen molar-refractivity contribution in [2.45, 2.75) is 6.92 Å². The maximum atomic E-state index is 12.7. The molecule has 0 atom stereocenters. The largest absolute Gasteiger partial charge is 0.482 e. The molecule has 0 radical (unpaired) electrons. The van der Waals surface area contributed by atoms with Crippen LogP contribution < -0.4 is 15.8 Å². The molecule has 0 aliphatic carbocycles. The first-order chi connectivity index (χ1) is 14.6. The van der Waals surface area contributed by atoms with Crippen LogP contribution in [0.3, 0.4) is 0 Å². The van der Waals surface area contributed by atoms with Crippen molar-refractivity contribution < 1.29 is 19.1 Å². The average Bonchev–Trinajstić information content (AvgIpc) is 3.02. The van der Waals surface area contributed by atoms with Crippen molar-refractivity contribution in [3.05, 3.63) is 48.0 Å². The van der Waals surface area contributed by atoms with Crippen LogP contribution in [-0.4, -0.2) is 39.6 Å². The lowest BCUT2D eigenvalue weighted by Crippen LogP contribution is -2.25. The van der Waals surface area contributed by atoms with Gasteiger partial charge in [-0.1, -0.05) is 12.1 Å². The highest BCUT2D eigenvalue weighted by Crippen LogP contribution is 2.35. The molecule has 3 N–H and O–H groups in total. The Morgan fingerprint density at radius 3 is 2.77 bits per heavy atom. The van der Waals surface area contributed by atoms with Gasteiger partial charge in [0.15, 0.2) is 12.3 Å². The minimum absolute atomic E-state index is 0.0725. The van der Waals surface area contributed by atoms with Crippen LogP contribution in [0.25, 0.3) is 27.9 Å². The van der Waals surface area contributed by atoms with Crippen LogP contribution in [0.5, 0.6) is 5.75 Å². The summed E-state index contributed by atoms with van der Waals surface area (Å²) in [6.07, 6.45) is 0. The molecule has 2 aromatic carbocycles. The van der Waals surface area contributed by atoms with Crippen molar-refractivity contribution in [1.29, 1.82) is 0 Å². The predicted octanol–water partition coefficient (Wildman–Crippen LogP) is 2.66. The Morgan fingerprint density at radius 2 is 2.00 bits per heavy atom. The third kappa shape index (κ3) is 2.71. The van der Waals surface area contributed by atoms with Crippen LogP contribution in [-0.2, 0) is 9.53 Å². The number of nitrogen functional groups attached to an aromatic ring is 1. The fraction of sp³-hybridized carbons (Fsp3) is 0.143. The number of anilines is 2. The number of carbonyl (C=O) groups excluding carboxylic acids is 2. The molecular weight excluding hydrogens is 386 g/mol. The Kier molecular flexibility index (Phi) is 4.02. The molecule has 9 heteroatoms. The second kappa shape index (κ2) is 6.73. The number of aromatic nitrogens is 3. The molecule has 0 unspecified atom stereocenters. The monoisotopic (exact) mass is 403 g/mol. The van der Waals surface area contributed by atoms with Crippen molar-refractivity contribution >= 4 is 45.6 Å². The third-order valence-electron chi connectivity index (χ3n) is 4.83. The van der Waals surface area contributed by atoms with E-state index in [0.717, 1.165) is 0 Å². The number of benzene rings is 2. The van der Waals surface area contributed by atoms with Gasteiger partial charge in [-0.05, 0) is 31.2 Å². The van der Waals surface area contributed by atoms with Crippen molar-refractivity contribution in [3.8, 4) is 11.4 Å². The summed E-state index contributed by atoms with van der Waals surface area (Å²) in [5.41, 5.74) is 9.85. The molecule has 30 heavy (non-hydrogen) atoms. The number of hydrogen-bond donors (Lipinski definition) is 2. The number of amides is 1. The van der Waals surface area contributed by atoms with E-state index in [1.165, 1.54) is 0 Å². The number of para-hydroxylation sites is 2. The fourth-order valence-electron chi connectivity index (χ4n) is 3.53. The van der Waals surface area contributed by atoms with Crippen molar-refractivity contribution in [2.24, 2.45) is 0 Å². The van der Waals surface area contributed by atoms with Gasteiger partial charge in [-0.2, -0.15) is 0 Å². The number of rotatable bonds is 3. The van der Waals surface area contributed by atoms with Gasteiger partial charge in [0.2, 0.25) is 0 Å². The molecule has 0 spiro atoms. The van der Waals surface area contributed by atoms with E-state index >= 15 is 0 Å². The molecule has 150 valence electrons. The standard InChI is InChI=1S/C21H17N5O4/c1-2-29-21(28)17-18-20(25-13-6-4-3-5-12(13)24-18)26(19(17)22)11-7-8-14-15(9-11)30-10-16(27)23-14/h3-9H,2,10,22H2,1H3,(H,23,27). The fourth-order valence-corrected chi connectivity index (χ4v) is 3.53. The first-order valence-corrected chi connectivity index (χ1v) is 9.37. The molecule has 1 amide bonds. The minimum Gasteiger partial charge on any atom is -0.482 e. The highest BCUT2D eigenvalue weighted by Gasteiger charge is 2.26. The van der Waals surface area contributed by atoms with E-state index in [0.29, 0.717) is 39.3 Å². The summed E-state index contributed by atoms with van der Waals surface area (Å²) in [5, 5.41) is 2.75. The Labute approximate surface area is 170 Å². The van der Waals surface area contributed by atoms with Crippen LogP contribution in [0, 0.1) is 0 Å². The quantitative estimate of drug-likeness (QED) is 0.504. The van der Waals surface area contributed by atoms with E-state index in [-0.39, 0.29) is 30.5 Å². The number of esters is 1. The maximum absolute atomic E-state index is 12.7. The Morgan fingerprint density at radius 1 is 1.23 bits per heavy atom. The van der Waals surface area contributed by atoms with Crippen LogP contribution in [0.4, 0.5) is 11.5 Å². The van der Waals surface area contributed by atoms with Crippen molar-refractivity contribution in [1.82, 2.24) is 14.5 Å². The third-order valence-corrected chi connectivity index (χ3v) is 4.83. The summed E-state index contributed by atoms with van der Waals surface area (Å²) in [7, 11) is 0. The summed E-state index contributed by atoms with van der Waals surface area (Å²) < 4.78 is 12.4. The summed E-state index contributed by atoms with van der Waals surface area (Å²) in [5.74, 6) is -0.119. The predicted molar refractivity (Wildman–Crippen MR) is 111 cm³/mol. The highest BCUT2D eigenvalue weighted by atomic mass is 16.5. The molecule has 1 aliphatic rings. The van der Waals surface area contributed by atoms with Gasteiger partial charge in [-0.3, -0.25) is 9.36 Å². The first kappa shape index (κ1) is 17.9. The Hall–Kier alpha value is -4.14. The van der Waals surface area contributed by atoms with Crippen LogP contribution in [0.2, 0.25) is 0 Å². The van der Waals surface area contributed by atoms with E-state index in [9.17, 15) is 9.59 Å². The molecule has 3 heterocycles. The molecule has 0 bridgehead atoms. The number of fused-ring (bicyclic) bond motifs is 3. The first-order valence-electron chi connectivity index (χ1n) is 9.37. The molecule has 0 saturated carbocycles. The number of hydrogen-bond acceptors (Lipinski definition) is 7. The minimum atomic E-state index is -0.565. The number of nitrogens with one attached hydrogen (secondary N) is 1. The lowest BCUT2D eigenvalue weighted by atomic mass is 10.2. The van der Waals surface area contributed by atoms with E-state index in [2.05, 4.69) is 10.3 Å². The highest BCUT2D eigenvalue weighted by molar-refractivity contribution is 6.09. The van der Waals surface area contributed by atoms with E-state index in [1.807, 2.05) is 24.3 Å².